The van der Waals surface area contributed by atoms with Crippen LogP contribution in [0.15, 0.2) is 36.4 Å². The van der Waals surface area contributed by atoms with Crippen LogP contribution in [0.2, 0.25) is 0 Å². The first-order valence-corrected chi connectivity index (χ1v) is 13.0. The lowest BCUT2D eigenvalue weighted by Crippen LogP contribution is -2.20. The Balaban J connectivity index is 1.63. The number of rotatable bonds is 16. The van der Waals surface area contributed by atoms with E-state index < -0.39 is 11.9 Å². The molecular weight excluding hydrogens is 490 g/mol. The highest BCUT2D eigenvalue weighted by Gasteiger charge is 2.25. The smallest absolute Gasteiger partial charge is 0.306 e. The molecule has 0 aliphatic rings. The predicted octanol–water partition coefficient (Wildman–Crippen LogP) is 3.49. The second kappa shape index (κ2) is 14.2. The molecule has 10 heteroatoms. The fourth-order valence-electron chi connectivity index (χ4n) is 4.02. The fraction of sp³-hybridized carbons (Fsp3) is 0.536. The van der Waals surface area contributed by atoms with Gasteiger partial charge in [0.05, 0.1) is 32.3 Å². The fourth-order valence-corrected chi connectivity index (χ4v) is 4.02. The van der Waals surface area contributed by atoms with Crippen molar-refractivity contribution >= 4 is 17.0 Å². The number of hydrogen-bond donors (Lipinski definition) is 3. The third-order valence-electron chi connectivity index (χ3n) is 6.09. The Morgan fingerprint density at radius 1 is 0.947 bits per heavy atom. The Bertz CT molecular complexity index is 1140. The number of aromatic nitrogens is 3. The molecule has 0 saturated heterocycles. The SMILES string of the molecule is CC(C)(C)c1cc(CC(CCOCCOCCOCCCO)C(=O)O)cc(-n2nc3ccccc3n2)c1O. The Morgan fingerprint density at radius 2 is 1.53 bits per heavy atom. The van der Waals surface area contributed by atoms with Gasteiger partial charge in [0, 0.05) is 25.4 Å². The highest BCUT2D eigenvalue weighted by molar-refractivity contribution is 5.74. The second-order valence-electron chi connectivity index (χ2n) is 10.2. The van der Waals surface area contributed by atoms with Gasteiger partial charge in [-0.05, 0) is 48.4 Å². The van der Waals surface area contributed by atoms with E-state index in [1.807, 2.05) is 51.1 Å². The maximum Gasteiger partial charge on any atom is 0.306 e. The van der Waals surface area contributed by atoms with E-state index in [1.54, 1.807) is 6.07 Å². The van der Waals surface area contributed by atoms with Crippen molar-refractivity contribution in [2.24, 2.45) is 5.92 Å². The molecule has 1 aromatic heterocycles. The van der Waals surface area contributed by atoms with Crippen LogP contribution in [0.25, 0.3) is 16.7 Å². The molecule has 0 bridgehead atoms. The number of aliphatic hydroxyl groups is 1. The van der Waals surface area contributed by atoms with Gasteiger partial charge in [-0.25, -0.2) is 0 Å². The Morgan fingerprint density at radius 3 is 2.08 bits per heavy atom. The molecule has 0 fully saturated rings. The molecule has 1 unspecified atom stereocenters. The van der Waals surface area contributed by atoms with Crippen LogP contribution in [0.1, 0.15) is 44.7 Å². The molecule has 3 aromatic rings. The molecule has 2 aromatic carbocycles. The molecule has 0 aliphatic carbocycles. The average Bonchev–Trinajstić information content (AvgIpc) is 3.30. The van der Waals surface area contributed by atoms with E-state index in [-0.39, 0.29) is 30.8 Å². The van der Waals surface area contributed by atoms with Crippen molar-refractivity contribution in [1.82, 2.24) is 15.0 Å². The molecule has 10 nitrogen and oxygen atoms in total. The number of aromatic hydroxyl groups is 1. The lowest BCUT2D eigenvalue weighted by Gasteiger charge is -2.23. The molecule has 208 valence electrons. The summed E-state index contributed by atoms with van der Waals surface area (Å²) >= 11 is 0. The van der Waals surface area contributed by atoms with Crippen molar-refractivity contribution in [2.75, 3.05) is 46.2 Å². The number of carboxylic acid groups (broad SMARTS) is 1. The quantitative estimate of drug-likeness (QED) is 0.238. The van der Waals surface area contributed by atoms with Crippen LogP contribution < -0.4 is 0 Å². The zero-order valence-electron chi connectivity index (χ0n) is 22.4. The minimum absolute atomic E-state index is 0.0792. The molecule has 0 spiro atoms. The zero-order chi connectivity index (χ0) is 27.5. The summed E-state index contributed by atoms with van der Waals surface area (Å²) in [5, 5.41) is 38.7. The van der Waals surface area contributed by atoms with Crippen LogP contribution in [0.5, 0.6) is 5.75 Å². The normalized spacial score (nSPS) is 12.7. The van der Waals surface area contributed by atoms with Crippen LogP contribution in [-0.2, 0) is 30.8 Å². The van der Waals surface area contributed by atoms with E-state index in [9.17, 15) is 15.0 Å². The van der Waals surface area contributed by atoms with Crippen molar-refractivity contribution in [2.45, 2.75) is 45.4 Å². The van der Waals surface area contributed by atoms with Crippen LogP contribution in [0, 0.1) is 5.92 Å². The zero-order valence-corrected chi connectivity index (χ0v) is 22.4. The van der Waals surface area contributed by atoms with E-state index in [0.29, 0.717) is 68.2 Å². The Kier molecular flexibility index (Phi) is 11.0. The van der Waals surface area contributed by atoms with Gasteiger partial charge in [0.15, 0.2) is 0 Å². The topological polar surface area (TPSA) is 136 Å². The minimum atomic E-state index is -0.903. The third kappa shape index (κ3) is 8.49. The van der Waals surface area contributed by atoms with Gasteiger partial charge in [-0.2, -0.15) is 0 Å². The number of carbonyl (C=O) groups is 1. The van der Waals surface area contributed by atoms with Crippen LogP contribution in [-0.4, -0.2) is 82.5 Å². The molecule has 0 radical (unpaired) electrons. The summed E-state index contributed by atoms with van der Waals surface area (Å²) < 4.78 is 16.3. The number of phenolic OH excluding ortho intramolecular Hbond substituents is 1. The monoisotopic (exact) mass is 529 g/mol. The highest BCUT2D eigenvalue weighted by Crippen LogP contribution is 2.37. The number of nitrogens with zero attached hydrogens (tertiary/aromatic N) is 3. The van der Waals surface area contributed by atoms with Crippen LogP contribution in [0.4, 0.5) is 0 Å². The van der Waals surface area contributed by atoms with Crippen LogP contribution in [0.3, 0.4) is 0 Å². The van der Waals surface area contributed by atoms with Crippen molar-refractivity contribution in [3.05, 3.63) is 47.5 Å². The maximum absolute atomic E-state index is 12.0. The molecule has 0 aliphatic heterocycles. The van der Waals surface area contributed by atoms with Crippen molar-refractivity contribution in [3.8, 4) is 11.4 Å². The number of hydrogen-bond acceptors (Lipinski definition) is 8. The summed E-state index contributed by atoms with van der Waals surface area (Å²) in [6.45, 7) is 8.52. The first-order chi connectivity index (χ1) is 18.2. The standard InChI is InChI=1S/C28H39N3O7/c1-28(2,3)22-18-20(19-25(26(22)33)31-29-23-7-4-5-8-24(23)30-31)17-21(27(34)35)9-12-37-14-16-38-15-13-36-11-6-10-32/h4-5,7-8,18-19,21,32-33H,6,9-17H2,1-3H3,(H,34,35). The van der Waals surface area contributed by atoms with Gasteiger partial charge < -0.3 is 29.5 Å². The summed E-state index contributed by atoms with van der Waals surface area (Å²) in [4.78, 5) is 13.5. The van der Waals surface area contributed by atoms with Gasteiger partial charge in [0.2, 0.25) is 0 Å². The predicted molar refractivity (Wildman–Crippen MR) is 143 cm³/mol. The average molecular weight is 530 g/mol. The first-order valence-electron chi connectivity index (χ1n) is 13.0. The summed E-state index contributed by atoms with van der Waals surface area (Å²) in [5.74, 6) is -1.49. The van der Waals surface area contributed by atoms with E-state index in [2.05, 4.69) is 10.2 Å². The summed E-state index contributed by atoms with van der Waals surface area (Å²) in [7, 11) is 0. The first kappa shape index (κ1) is 29.5. The molecule has 3 rings (SSSR count). The van der Waals surface area contributed by atoms with E-state index in [4.69, 9.17) is 19.3 Å². The number of ether oxygens (including phenoxy) is 3. The van der Waals surface area contributed by atoms with E-state index >= 15 is 0 Å². The number of carboxylic acids is 1. The number of benzene rings is 2. The van der Waals surface area contributed by atoms with E-state index in [0.717, 1.165) is 5.56 Å². The third-order valence-corrected chi connectivity index (χ3v) is 6.09. The van der Waals surface area contributed by atoms with Crippen molar-refractivity contribution < 1.29 is 34.3 Å². The molecule has 1 heterocycles. The molecule has 3 N–H and O–H groups in total. The number of aliphatic carboxylic acids is 1. The minimum Gasteiger partial charge on any atom is -0.505 e. The van der Waals surface area contributed by atoms with E-state index in [1.165, 1.54) is 4.80 Å². The molecule has 38 heavy (non-hydrogen) atoms. The lowest BCUT2D eigenvalue weighted by molar-refractivity contribution is -0.142. The van der Waals surface area contributed by atoms with Gasteiger partial charge in [-0.3, -0.25) is 4.79 Å². The van der Waals surface area contributed by atoms with Crippen molar-refractivity contribution in [1.29, 1.82) is 0 Å². The maximum atomic E-state index is 12.0. The van der Waals surface area contributed by atoms with Gasteiger partial charge in [-0.15, -0.1) is 15.0 Å². The summed E-state index contributed by atoms with van der Waals surface area (Å²) in [5.41, 5.74) is 2.92. The Labute approximate surface area is 223 Å². The van der Waals surface area contributed by atoms with Gasteiger partial charge in [0.1, 0.15) is 22.5 Å². The molecule has 1 atom stereocenters. The number of aliphatic hydroxyl groups excluding tert-OH is 1. The van der Waals surface area contributed by atoms with Crippen molar-refractivity contribution in [3.63, 3.8) is 0 Å². The molecule has 0 amide bonds. The Hall–Kier alpha value is -3.05. The second-order valence-corrected chi connectivity index (χ2v) is 10.2. The lowest BCUT2D eigenvalue weighted by atomic mass is 9.83. The molecular formula is C28H39N3O7. The van der Waals surface area contributed by atoms with Crippen LogP contribution >= 0.6 is 0 Å². The number of fused-ring (bicyclic) bond motifs is 1. The summed E-state index contributed by atoms with van der Waals surface area (Å²) in [6.07, 6.45) is 1.22. The van der Waals surface area contributed by atoms with Gasteiger partial charge >= 0.3 is 5.97 Å². The molecule has 0 saturated carbocycles. The van der Waals surface area contributed by atoms with Gasteiger partial charge in [0.25, 0.3) is 0 Å². The van der Waals surface area contributed by atoms with Gasteiger partial charge in [-0.1, -0.05) is 39.0 Å². The summed E-state index contributed by atoms with van der Waals surface area (Å²) in [6, 6.07) is 11.1. The highest BCUT2D eigenvalue weighted by atomic mass is 16.5. The number of phenols is 1. The largest absolute Gasteiger partial charge is 0.505 e.